The third-order valence-corrected chi connectivity index (χ3v) is 3.57. The monoisotopic (exact) mass is 346 g/mol. The summed E-state index contributed by atoms with van der Waals surface area (Å²) in [5.41, 5.74) is 8.87. The molecule has 6 nitrogen and oxygen atoms in total. The van der Waals surface area contributed by atoms with E-state index < -0.39 is 12.0 Å². The Morgan fingerprint density at radius 1 is 1.68 bits per heavy atom. The molecule has 8 heteroatoms. The van der Waals surface area contributed by atoms with Gasteiger partial charge >= 0.3 is 5.97 Å². The van der Waals surface area contributed by atoms with Crippen LogP contribution in [0, 0.1) is 0 Å². The van der Waals surface area contributed by atoms with Crippen LogP contribution in [0.15, 0.2) is 27.8 Å². The zero-order valence-electron chi connectivity index (χ0n) is 10.1. The minimum absolute atomic E-state index is 0.244. The Labute approximate surface area is 123 Å². The number of carbonyl (C=O) groups is 1. The molecule has 0 heterocycles. The van der Waals surface area contributed by atoms with Gasteiger partial charge in [-0.2, -0.15) is 0 Å². The molecule has 1 N–H and O–H groups in total. The molecule has 0 bridgehead atoms. The van der Waals surface area contributed by atoms with E-state index in [0.29, 0.717) is 17.1 Å². The average Bonchev–Trinajstić information content (AvgIpc) is 2.41. The van der Waals surface area contributed by atoms with Gasteiger partial charge in [0.25, 0.3) is 0 Å². The van der Waals surface area contributed by atoms with Crippen LogP contribution < -0.4 is 5.32 Å². The molecule has 0 spiro atoms. The van der Waals surface area contributed by atoms with Crippen molar-refractivity contribution in [3.63, 3.8) is 0 Å². The van der Waals surface area contributed by atoms with Crippen LogP contribution >= 0.6 is 27.5 Å². The number of carbonyl (C=O) groups excluding carboxylic acids is 1. The Bertz CT molecular complexity index is 505. The van der Waals surface area contributed by atoms with Crippen molar-refractivity contribution in [2.45, 2.75) is 6.04 Å². The summed E-state index contributed by atoms with van der Waals surface area (Å²) in [6.45, 7) is 0.603. The minimum atomic E-state index is -0.649. The third kappa shape index (κ3) is 4.72. The van der Waals surface area contributed by atoms with Crippen LogP contribution in [0.4, 0.5) is 0 Å². The molecule has 0 saturated carbocycles. The fourth-order valence-corrected chi connectivity index (χ4v) is 1.89. The van der Waals surface area contributed by atoms with Gasteiger partial charge in [-0.3, -0.25) is 0 Å². The van der Waals surface area contributed by atoms with Crippen molar-refractivity contribution in [2.24, 2.45) is 5.11 Å². The van der Waals surface area contributed by atoms with Crippen molar-refractivity contribution in [1.29, 1.82) is 0 Å². The van der Waals surface area contributed by atoms with Crippen LogP contribution in [0.25, 0.3) is 10.4 Å². The number of esters is 1. The number of benzene rings is 1. The molecule has 19 heavy (non-hydrogen) atoms. The van der Waals surface area contributed by atoms with Crippen LogP contribution in [0.1, 0.15) is 11.6 Å². The van der Waals surface area contributed by atoms with E-state index in [1.165, 1.54) is 7.11 Å². The van der Waals surface area contributed by atoms with Gasteiger partial charge in [-0.25, -0.2) is 4.79 Å². The number of nitrogens with zero attached hydrogens (tertiary/aromatic N) is 3. The molecule has 0 amide bonds. The molecular weight excluding hydrogens is 336 g/mol. The highest BCUT2D eigenvalue weighted by atomic mass is 79.9. The van der Waals surface area contributed by atoms with Gasteiger partial charge in [-0.1, -0.05) is 22.8 Å². The first kappa shape index (κ1) is 15.8. The Hall–Kier alpha value is -1.27. The molecule has 0 saturated heterocycles. The highest BCUT2D eigenvalue weighted by molar-refractivity contribution is 9.10. The number of hydrogen-bond acceptors (Lipinski definition) is 4. The van der Waals surface area contributed by atoms with Gasteiger partial charge in [0.1, 0.15) is 6.04 Å². The maximum Gasteiger partial charge on any atom is 0.327 e. The van der Waals surface area contributed by atoms with E-state index in [2.05, 4.69) is 31.3 Å². The zero-order valence-corrected chi connectivity index (χ0v) is 12.5. The second kappa shape index (κ2) is 8.01. The summed E-state index contributed by atoms with van der Waals surface area (Å²) in [6.07, 6.45) is 0. The van der Waals surface area contributed by atoms with Crippen molar-refractivity contribution < 1.29 is 9.53 Å². The zero-order chi connectivity index (χ0) is 14.3. The molecule has 0 radical (unpaired) electrons. The van der Waals surface area contributed by atoms with Crippen molar-refractivity contribution in [3.05, 3.63) is 43.7 Å². The van der Waals surface area contributed by atoms with Gasteiger partial charge < -0.3 is 10.1 Å². The van der Waals surface area contributed by atoms with Crippen molar-refractivity contribution in [3.8, 4) is 0 Å². The normalized spacial score (nSPS) is 11.5. The fraction of sp³-hybridized carbons (Fsp3) is 0.364. The lowest BCUT2D eigenvalue weighted by Crippen LogP contribution is -2.31. The number of methoxy groups -OCH3 is 1. The van der Waals surface area contributed by atoms with E-state index in [9.17, 15) is 4.79 Å². The molecule has 0 aliphatic rings. The van der Waals surface area contributed by atoms with E-state index in [0.717, 1.165) is 4.47 Å². The Balaban J connectivity index is 2.86. The third-order valence-electron chi connectivity index (χ3n) is 2.34. The van der Waals surface area contributed by atoms with Gasteiger partial charge in [0.15, 0.2) is 0 Å². The van der Waals surface area contributed by atoms with Crippen molar-refractivity contribution in [2.75, 3.05) is 20.2 Å². The summed E-state index contributed by atoms with van der Waals surface area (Å²) in [5.74, 6) is -0.431. The lowest BCUT2D eigenvalue weighted by atomic mass is 10.1. The molecule has 102 valence electrons. The van der Waals surface area contributed by atoms with E-state index in [4.69, 9.17) is 21.9 Å². The Kier molecular flexibility index (Phi) is 6.66. The second-order valence-corrected chi connectivity index (χ2v) is 4.80. The summed E-state index contributed by atoms with van der Waals surface area (Å²) in [6, 6.07) is 4.54. The molecule has 1 rings (SSSR count). The molecule has 0 fully saturated rings. The SMILES string of the molecule is COC(=O)C(NCCN=[N+]=[N-])c1ccc(Br)c(Cl)c1. The molecule has 1 unspecified atom stereocenters. The quantitative estimate of drug-likeness (QED) is 0.282. The lowest BCUT2D eigenvalue weighted by Gasteiger charge is -2.16. The summed E-state index contributed by atoms with van der Waals surface area (Å²) in [4.78, 5) is 14.4. The predicted octanol–water partition coefficient (Wildman–Crippen LogP) is 3.22. The molecule has 0 aliphatic heterocycles. The minimum Gasteiger partial charge on any atom is -0.468 e. The first-order valence-electron chi connectivity index (χ1n) is 5.37. The second-order valence-electron chi connectivity index (χ2n) is 3.54. The van der Waals surface area contributed by atoms with E-state index in [-0.39, 0.29) is 6.54 Å². The smallest absolute Gasteiger partial charge is 0.327 e. The maximum atomic E-state index is 11.7. The van der Waals surface area contributed by atoms with Crippen LogP contribution in [0.5, 0.6) is 0 Å². The highest BCUT2D eigenvalue weighted by Gasteiger charge is 2.21. The van der Waals surface area contributed by atoms with Crippen molar-refractivity contribution in [1.82, 2.24) is 5.32 Å². The number of ether oxygens (including phenoxy) is 1. The molecule has 1 aromatic rings. The highest BCUT2D eigenvalue weighted by Crippen LogP contribution is 2.26. The van der Waals surface area contributed by atoms with E-state index >= 15 is 0 Å². The number of nitrogens with one attached hydrogen (secondary N) is 1. The molecule has 1 aromatic carbocycles. The summed E-state index contributed by atoms with van der Waals surface area (Å²) >= 11 is 9.28. The van der Waals surface area contributed by atoms with Gasteiger partial charge in [0.2, 0.25) is 0 Å². The van der Waals surface area contributed by atoms with Crippen molar-refractivity contribution >= 4 is 33.5 Å². The van der Waals surface area contributed by atoms with Crippen LogP contribution in [-0.2, 0) is 9.53 Å². The standard InChI is InChI=1S/C11H12BrClN4O2/c1-19-11(18)10(15-4-5-16-17-14)7-2-3-8(12)9(13)6-7/h2-3,6,10,15H,4-5H2,1H3. The first-order chi connectivity index (χ1) is 9.10. The lowest BCUT2D eigenvalue weighted by molar-refractivity contribution is -0.143. The molecule has 0 aromatic heterocycles. The number of halogens is 2. The molecule has 1 atom stereocenters. The van der Waals surface area contributed by atoms with Crippen LogP contribution in [-0.4, -0.2) is 26.2 Å². The summed E-state index contributed by atoms with van der Waals surface area (Å²) in [7, 11) is 1.31. The first-order valence-corrected chi connectivity index (χ1v) is 6.54. The average molecular weight is 348 g/mol. The number of azide groups is 1. The Morgan fingerprint density at radius 2 is 2.42 bits per heavy atom. The van der Waals surface area contributed by atoms with Gasteiger partial charge in [-0.05, 0) is 39.2 Å². The molecular formula is C11H12BrClN4O2. The summed E-state index contributed by atoms with van der Waals surface area (Å²) < 4.78 is 5.48. The Morgan fingerprint density at radius 3 is 3.00 bits per heavy atom. The fourth-order valence-electron chi connectivity index (χ4n) is 1.45. The topological polar surface area (TPSA) is 87.1 Å². The van der Waals surface area contributed by atoms with E-state index in [1.807, 2.05) is 0 Å². The van der Waals surface area contributed by atoms with Crippen LogP contribution in [0.3, 0.4) is 0 Å². The van der Waals surface area contributed by atoms with E-state index in [1.54, 1.807) is 18.2 Å². The van der Waals surface area contributed by atoms with Gasteiger partial charge in [0.05, 0.1) is 12.1 Å². The largest absolute Gasteiger partial charge is 0.468 e. The number of hydrogen-bond donors (Lipinski definition) is 1. The van der Waals surface area contributed by atoms with Gasteiger partial charge in [0, 0.05) is 22.5 Å². The van der Waals surface area contributed by atoms with Gasteiger partial charge in [-0.15, -0.1) is 0 Å². The summed E-state index contributed by atoms with van der Waals surface area (Å²) in [5, 5.41) is 6.84. The maximum absolute atomic E-state index is 11.7. The van der Waals surface area contributed by atoms with Crippen LogP contribution in [0.2, 0.25) is 5.02 Å². The number of rotatable bonds is 6. The predicted molar refractivity (Wildman–Crippen MR) is 75.9 cm³/mol. The molecule has 0 aliphatic carbocycles.